The number of unbranched alkanes of at least 4 members (excludes halogenated alkanes) is 8. The number of hydrogen-bond acceptors (Lipinski definition) is 0. The fourth-order valence-electron chi connectivity index (χ4n) is 4.10. The van der Waals surface area contributed by atoms with Crippen LogP contribution in [-0.2, 0) is 21.7 Å². The maximum absolute atomic E-state index is 2.34. The third kappa shape index (κ3) is 16.6. The van der Waals surface area contributed by atoms with Gasteiger partial charge in [0, 0.05) is 0 Å². The van der Waals surface area contributed by atoms with Crippen LogP contribution >= 0.6 is 15.8 Å². The molecular weight excluding hydrogens is 470 g/mol. The van der Waals surface area contributed by atoms with Crippen molar-refractivity contribution >= 4 is 26.5 Å². The largest absolute Gasteiger partial charge is 2.00 e. The van der Waals surface area contributed by atoms with Crippen LogP contribution in [0.1, 0.15) is 105 Å². The van der Waals surface area contributed by atoms with Gasteiger partial charge in [0.1, 0.15) is 0 Å². The van der Waals surface area contributed by atoms with Crippen molar-refractivity contribution in [2.24, 2.45) is 0 Å². The molecule has 0 saturated carbocycles. The second-order valence-electron chi connectivity index (χ2n) is 9.09. The molecule has 0 radical (unpaired) electrons. The van der Waals surface area contributed by atoms with Gasteiger partial charge in [0.2, 0.25) is 0 Å². The van der Waals surface area contributed by atoms with E-state index in [-0.39, 0.29) is 37.6 Å². The van der Waals surface area contributed by atoms with Crippen molar-refractivity contribution in [2.75, 3.05) is 24.6 Å². The molecule has 0 heterocycles. The minimum Gasteiger partial charge on any atom is -0.213 e. The van der Waals surface area contributed by atoms with Crippen LogP contribution in [0.15, 0.2) is 48.5 Å². The average molecular weight is 523 g/mol. The Morgan fingerprint density at radius 3 is 1.03 bits per heavy atom. The Morgan fingerprint density at radius 1 is 0.515 bits per heavy atom. The molecule has 0 aliphatic carbocycles. The summed E-state index contributed by atoms with van der Waals surface area (Å²) < 4.78 is 0. The van der Waals surface area contributed by atoms with Crippen molar-refractivity contribution in [3.05, 3.63) is 48.5 Å². The van der Waals surface area contributed by atoms with Crippen LogP contribution < -0.4 is 10.6 Å². The van der Waals surface area contributed by atoms with Gasteiger partial charge in [-0.15, -0.1) is 26.5 Å². The van der Waals surface area contributed by atoms with E-state index >= 15 is 0 Å². The molecule has 2 rings (SSSR count). The number of hydrogen-bond donors (Lipinski definition) is 0. The maximum Gasteiger partial charge on any atom is 2.00 e. The van der Waals surface area contributed by atoms with Crippen molar-refractivity contribution < 1.29 is 21.7 Å². The fourth-order valence-corrected chi connectivity index (χ4v) is 9.19. The van der Waals surface area contributed by atoms with Crippen LogP contribution in [0.4, 0.5) is 0 Å². The Kier molecular flexibility index (Phi) is 24.2. The quantitative estimate of drug-likeness (QED) is 0.0791. The third-order valence-corrected chi connectivity index (χ3v) is 11.6. The van der Waals surface area contributed by atoms with Gasteiger partial charge in [-0.3, -0.25) is 0 Å². The van der Waals surface area contributed by atoms with Gasteiger partial charge in [-0.1, -0.05) is 79.1 Å². The molecule has 0 amide bonds. The zero-order valence-electron chi connectivity index (χ0n) is 22.3. The van der Waals surface area contributed by atoms with Gasteiger partial charge < -0.3 is 0 Å². The van der Waals surface area contributed by atoms with E-state index in [1.165, 1.54) is 102 Å². The van der Waals surface area contributed by atoms with E-state index in [1.54, 1.807) is 10.6 Å². The first-order chi connectivity index (χ1) is 15.8. The molecule has 33 heavy (non-hydrogen) atoms. The van der Waals surface area contributed by atoms with E-state index in [9.17, 15) is 0 Å². The first-order valence-electron chi connectivity index (χ1n) is 13.7. The van der Waals surface area contributed by atoms with Gasteiger partial charge in [-0.2, -0.15) is 24.3 Å². The van der Waals surface area contributed by atoms with Crippen LogP contribution in [0.3, 0.4) is 0 Å². The van der Waals surface area contributed by atoms with Gasteiger partial charge in [-0.25, -0.2) is 24.3 Å². The molecule has 0 bridgehead atoms. The molecule has 0 atom stereocenters. The van der Waals surface area contributed by atoms with E-state index in [0.717, 1.165) is 0 Å². The summed E-state index contributed by atoms with van der Waals surface area (Å²) in [6.07, 6.45) is 22.6. The molecule has 3 heteroatoms. The molecule has 2 aromatic rings. The molecule has 0 aliphatic heterocycles. The summed E-state index contributed by atoms with van der Waals surface area (Å²) in [6.45, 7) is 9.17. The van der Waals surface area contributed by atoms with Gasteiger partial charge in [0.05, 0.1) is 0 Å². The zero-order chi connectivity index (χ0) is 23.3. The molecule has 0 aromatic heterocycles. The molecule has 0 aliphatic rings. The fraction of sp³-hybridized carbons (Fsp3) is 0.667. The maximum atomic E-state index is 2.34. The van der Waals surface area contributed by atoms with E-state index in [0.29, 0.717) is 0 Å². The molecule has 0 nitrogen and oxygen atoms in total. The molecule has 186 valence electrons. The Balaban J connectivity index is 0.000000602. The van der Waals surface area contributed by atoms with Gasteiger partial charge in [-0.05, 0) is 50.3 Å². The molecule has 0 fully saturated rings. The predicted molar refractivity (Wildman–Crippen MR) is 155 cm³/mol. The van der Waals surface area contributed by atoms with Crippen molar-refractivity contribution in [2.45, 2.75) is 105 Å². The van der Waals surface area contributed by atoms with E-state index in [4.69, 9.17) is 0 Å². The molecule has 0 N–H and O–H groups in total. The third-order valence-electron chi connectivity index (χ3n) is 6.15. The summed E-state index contributed by atoms with van der Waals surface area (Å²) in [5.74, 6) is 0. The monoisotopic (exact) mass is 522 g/mol. The zero-order valence-corrected chi connectivity index (χ0v) is 25.7. The predicted octanol–water partition coefficient (Wildman–Crippen LogP) is 9.78. The van der Waals surface area contributed by atoms with Crippen LogP contribution in [0.5, 0.6) is 0 Å². The second-order valence-corrected chi connectivity index (χ2v) is 14.1. The van der Waals surface area contributed by atoms with Crippen molar-refractivity contribution in [3.63, 3.8) is 0 Å². The minimum atomic E-state index is 0. The summed E-state index contributed by atoms with van der Waals surface area (Å²) in [5.41, 5.74) is 0. The van der Waals surface area contributed by atoms with E-state index in [2.05, 4.69) is 76.2 Å². The Hall–Kier alpha value is 0.274. The van der Waals surface area contributed by atoms with Crippen LogP contribution in [-0.4, -0.2) is 24.6 Å². The Labute approximate surface area is 225 Å². The van der Waals surface area contributed by atoms with Crippen LogP contribution in [0.25, 0.3) is 0 Å². The summed E-state index contributed by atoms with van der Waals surface area (Å²) in [4.78, 5) is 0. The van der Waals surface area contributed by atoms with Gasteiger partial charge >= 0.3 is 21.7 Å². The van der Waals surface area contributed by atoms with Crippen molar-refractivity contribution in [1.82, 2.24) is 0 Å². The first kappa shape index (κ1) is 33.3. The molecule has 2 aromatic carbocycles. The molecule has 0 saturated heterocycles. The molecular formula is C30H52P2Ti. The second kappa shape index (κ2) is 24.0. The smallest absolute Gasteiger partial charge is 0.213 e. The average Bonchev–Trinajstić information content (AvgIpc) is 3.53. The summed E-state index contributed by atoms with van der Waals surface area (Å²) in [7, 11) is 0.316. The van der Waals surface area contributed by atoms with E-state index in [1.807, 2.05) is 0 Å². The summed E-state index contributed by atoms with van der Waals surface area (Å²) >= 11 is 0. The Bertz CT molecular complexity index is 517. The first-order valence-corrected chi connectivity index (χ1v) is 17.1. The standard InChI is InChI=1S/2C15H26P.Ti/c2*1-3-5-9-13-16(14-10-6-4-2)15-11-7-8-12-15;/h2*7-8,11-12H,3-6,9-10,13-14H2,1-2H3;/q2*-1;+2. The summed E-state index contributed by atoms with van der Waals surface area (Å²) in [6, 6.07) is 18.1. The van der Waals surface area contributed by atoms with Crippen LogP contribution in [0, 0.1) is 0 Å². The topological polar surface area (TPSA) is 0 Å². The number of rotatable bonds is 18. The Morgan fingerprint density at radius 2 is 0.818 bits per heavy atom. The molecule has 0 unspecified atom stereocenters. The van der Waals surface area contributed by atoms with E-state index < -0.39 is 0 Å². The van der Waals surface area contributed by atoms with Crippen molar-refractivity contribution in [3.8, 4) is 0 Å². The summed E-state index contributed by atoms with van der Waals surface area (Å²) in [5, 5.41) is 3.28. The van der Waals surface area contributed by atoms with Gasteiger partial charge in [0.25, 0.3) is 0 Å². The normalized spacial score (nSPS) is 10.8. The molecule has 0 spiro atoms. The minimum absolute atomic E-state index is 0. The SMILES string of the molecule is CCCCCP(CCCCC)c1ccc[cH-]1.CCCCCP(CCCCC)c1ccc[cH-]1.[Ti+2]. The van der Waals surface area contributed by atoms with Crippen LogP contribution in [0.2, 0.25) is 0 Å². The van der Waals surface area contributed by atoms with Crippen molar-refractivity contribution in [1.29, 1.82) is 0 Å². The van der Waals surface area contributed by atoms with Gasteiger partial charge in [0.15, 0.2) is 0 Å².